The van der Waals surface area contributed by atoms with Crippen LogP contribution in [0.5, 0.6) is 0 Å². The zero-order valence-electron chi connectivity index (χ0n) is 13.7. The Hall–Kier alpha value is -2.59. The molecule has 4 rings (SSSR count). The fraction of sp³-hybridized carbons (Fsp3) is 0.200. The molecular weight excluding hydrogens is 334 g/mol. The van der Waals surface area contributed by atoms with Crippen LogP contribution in [0.1, 0.15) is 18.2 Å². The first-order valence-corrected chi connectivity index (χ1v) is 8.68. The smallest absolute Gasteiger partial charge is 0.227 e. The van der Waals surface area contributed by atoms with Crippen molar-refractivity contribution in [1.29, 1.82) is 0 Å². The van der Waals surface area contributed by atoms with Crippen molar-refractivity contribution >= 4 is 34.2 Å². The first kappa shape index (κ1) is 15.9. The lowest BCUT2D eigenvalue weighted by atomic mass is 10.1. The average molecular weight is 352 g/mol. The van der Waals surface area contributed by atoms with Crippen LogP contribution in [0.3, 0.4) is 0 Å². The molecule has 0 radical (unpaired) electrons. The molecule has 0 unspecified atom stereocenters. The molecule has 2 aromatic carbocycles. The molecule has 0 N–H and O–H groups in total. The maximum atomic E-state index is 12.6. The molecule has 1 aromatic heterocycles. The van der Waals surface area contributed by atoms with Crippen LogP contribution in [0, 0.1) is 0 Å². The van der Waals surface area contributed by atoms with E-state index >= 15 is 0 Å². The highest BCUT2D eigenvalue weighted by Gasteiger charge is 2.35. The standard InChI is InChI=1S/C20H18ClN3O/c1-2-11-23-18-10-6-4-8-16(18)22-20(23)14-12-19(25)24(13-14)17-9-5-3-7-15(17)21/h2-10,14H,1,11-13H2/t14-/m0/s1. The lowest BCUT2D eigenvalue weighted by Gasteiger charge is -2.18. The molecule has 1 aliphatic heterocycles. The third-order valence-electron chi connectivity index (χ3n) is 4.63. The molecule has 0 bridgehead atoms. The van der Waals surface area contributed by atoms with E-state index in [0.717, 1.165) is 22.5 Å². The lowest BCUT2D eigenvalue weighted by molar-refractivity contribution is -0.117. The molecule has 1 atom stereocenters. The highest BCUT2D eigenvalue weighted by molar-refractivity contribution is 6.33. The van der Waals surface area contributed by atoms with Gasteiger partial charge in [-0.05, 0) is 24.3 Å². The molecule has 3 aromatic rings. The first-order valence-electron chi connectivity index (χ1n) is 8.30. The zero-order chi connectivity index (χ0) is 17.4. The van der Waals surface area contributed by atoms with Crippen molar-refractivity contribution in [3.8, 4) is 0 Å². The fourth-order valence-corrected chi connectivity index (χ4v) is 3.75. The SMILES string of the molecule is C=CCn1c([C@H]2CC(=O)N(c3ccccc3Cl)C2)nc2ccccc21. The van der Waals surface area contributed by atoms with Crippen LogP contribution in [0.2, 0.25) is 5.02 Å². The summed E-state index contributed by atoms with van der Waals surface area (Å²) in [5.41, 5.74) is 2.78. The number of aromatic nitrogens is 2. The number of rotatable bonds is 4. The van der Waals surface area contributed by atoms with Gasteiger partial charge in [0.15, 0.2) is 0 Å². The molecule has 5 heteroatoms. The van der Waals surface area contributed by atoms with Crippen LogP contribution in [-0.4, -0.2) is 22.0 Å². The summed E-state index contributed by atoms with van der Waals surface area (Å²) in [4.78, 5) is 19.2. The normalized spacial score (nSPS) is 17.4. The summed E-state index contributed by atoms with van der Waals surface area (Å²) < 4.78 is 2.15. The first-order chi connectivity index (χ1) is 12.2. The number of fused-ring (bicyclic) bond motifs is 1. The maximum absolute atomic E-state index is 12.6. The number of benzene rings is 2. The van der Waals surface area contributed by atoms with Gasteiger partial charge in [-0.3, -0.25) is 4.79 Å². The van der Waals surface area contributed by atoms with E-state index in [9.17, 15) is 4.79 Å². The molecule has 1 fully saturated rings. The number of imidazole rings is 1. The molecule has 1 saturated heterocycles. The number of halogens is 1. The summed E-state index contributed by atoms with van der Waals surface area (Å²) in [6.07, 6.45) is 2.30. The van der Waals surface area contributed by atoms with Crippen molar-refractivity contribution in [2.45, 2.75) is 18.9 Å². The van der Waals surface area contributed by atoms with Gasteiger partial charge in [-0.25, -0.2) is 4.98 Å². The van der Waals surface area contributed by atoms with Crippen molar-refractivity contribution < 1.29 is 4.79 Å². The number of hydrogen-bond acceptors (Lipinski definition) is 2. The number of allylic oxidation sites excluding steroid dienone is 1. The Morgan fingerprint density at radius 1 is 1.20 bits per heavy atom. The predicted octanol–water partition coefficient (Wildman–Crippen LogP) is 4.40. The van der Waals surface area contributed by atoms with Crippen LogP contribution in [0.15, 0.2) is 61.2 Å². The second-order valence-electron chi connectivity index (χ2n) is 6.21. The predicted molar refractivity (Wildman–Crippen MR) is 101 cm³/mol. The summed E-state index contributed by atoms with van der Waals surface area (Å²) in [5, 5.41) is 0.594. The summed E-state index contributed by atoms with van der Waals surface area (Å²) >= 11 is 6.28. The highest BCUT2D eigenvalue weighted by atomic mass is 35.5. The van der Waals surface area contributed by atoms with E-state index in [-0.39, 0.29) is 11.8 Å². The third kappa shape index (κ3) is 2.72. The number of amides is 1. The largest absolute Gasteiger partial charge is 0.324 e. The summed E-state index contributed by atoms with van der Waals surface area (Å²) in [7, 11) is 0. The monoisotopic (exact) mass is 351 g/mol. The van der Waals surface area contributed by atoms with E-state index in [1.54, 1.807) is 4.90 Å². The van der Waals surface area contributed by atoms with E-state index in [0.29, 0.717) is 24.5 Å². The van der Waals surface area contributed by atoms with Crippen molar-refractivity contribution in [1.82, 2.24) is 9.55 Å². The van der Waals surface area contributed by atoms with E-state index in [1.807, 2.05) is 48.5 Å². The van der Waals surface area contributed by atoms with Gasteiger partial charge >= 0.3 is 0 Å². The molecular formula is C20H18ClN3O. The number of para-hydroxylation sites is 3. The van der Waals surface area contributed by atoms with E-state index in [2.05, 4.69) is 17.2 Å². The van der Waals surface area contributed by atoms with Crippen LogP contribution < -0.4 is 4.90 Å². The second-order valence-corrected chi connectivity index (χ2v) is 6.62. The quantitative estimate of drug-likeness (QED) is 0.653. The molecule has 126 valence electrons. The summed E-state index contributed by atoms with van der Waals surface area (Å²) in [6.45, 7) is 5.12. The van der Waals surface area contributed by atoms with Gasteiger partial charge in [0, 0.05) is 25.4 Å². The van der Waals surface area contributed by atoms with E-state index in [4.69, 9.17) is 16.6 Å². The van der Waals surface area contributed by atoms with Crippen molar-refractivity contribution in [3.05, 3.63) is 72.0 Å². The van der Waals surface area contributed by atoms with Crippen LogP contribution in [-0.2, 0) is 11.3 Å². The minimum Gasteiger partial charge on any atom is -0.324 e. The van der Waals surface area contributed by atoms with Gasteiger partial charge in [0.25, 0.3) is 0 Å². The number of carbonyl (C=O) groups excluding carboxylic acids is 1. The number of hydrogen-bond donors (Lipinski definition) is 0. The zero-order valence-corrected chi connectivity index (χ0v) is 14.5. The Labute approximate surface area is 151 Å². The summed E-state index contributed by atoms with van der Waals surface area (Å²) in [6, 6.07) is 15.5. The second kappa shape index (κ2) is 6.37. The molecule has 0 spiro atoms. The number of nitrogens with zero attached hydrogens (tertiary/aromatic N) is 3. The van der Waals surface area contributed by atoms with Gasteiger partial charge in [0.2, 0.25) is 5.91 Å². The van der Waals surface area contributed by atoms with Crippen LogP contribution >= 0.6 is 11.6 Å². The van der Waals surface area contributed by atoms with Gasteiger partial charge in [0.05, 0.1) is 21.7 Å². The Bertz CT molecular complexity index is 962. The van der Waals surface area contributed by atoms with Crippen molar-refractivity contribution in [3.63, 3.8) is 0 Å². The minimum absolute atomic E-state index is 0.0381. The number of anilines is 1. The Morgan fingerprint density at radius 2 is 1.96 bits per heavy atom. The third-order valence-corrected chi connectivity index (χ3v) is 4.95. The molecule has 1 aliphatic rings. The topological polar surface area (TPSA) is 38.1 Å². The van der Waals surface area contributed by atoms with Crippen molar-refractivity contribution in [2.75, 3.05) is 11.4 Å². The fourth-order valence-electron chi connectivity index (χ4n) is 3.51. The van der Waals surface area contributed by atoms with Gasteiger partial charge in [-0.2, -0.15) is 0 Å². The molecule has 2 heterocycles. The van der Waals surface area contributed by atoms with Gasteiger partial charge in [-0.1, -0.05) is 41.9 Å². The average Bonchev–Trinajstić information content (AvgIpc) is 3.17. The minimum atomic E-state index is 0.0381. The van der Waals surface area contributed by atoms with Crippen molar-refractivity contribution in [2.24, 2.45) is 0 Å². The Morgan fingerprint density at radius 3 is 2.76 bits per heavy atom. The van der Waals surface area contributed by atoms with Crippen LogP contribution in [0.25, 0.3) is 11.0 Å². The van der Waals surface area contributed by atoms with Gasteiger partial charge in [-0.15, -0.1) is 6.58 Å². The number of carbonyl (C=O) groups is 1. The molecule has 1 amide bonds. The molecule has 0 aliphatic carbocycles. The van der Waals surface area contributed by atoms with E-state index < -0.39 is 0 Å². The molecule has 25 heavy (non-hydrogen) atoms. The van der Waals surface area contributed by atoms with E-state index in [1.165, 1.54) is 0 Å². The Kier molecular flexibility index (Phi) is 4.06. The molecule has 0 saturated carbocycles. The van der Waals surface area contributed by atoms with Crippen LogP contribution in [0.4, 0.5) is 5.69 Å². The molecule has 4 nitrogen and oxygen atoms in total. The highest BCUT2D eigenvalue weighted by Crippen LogP contribution is 2.35. The maximum Gasteiger partial charge on any atom is 0.227 e. The van der Waals surface area contributed by atoms with Gasteiger partial charge < -0.3 is 9.47 Å². The Balaban J connectivity index is 1.73. The summed E-state index contributed by atoms with van der Waals surface area (Å²) in [5.74, 6) is 1.05. The lowest BCUT2D eigenvalue weighted by Crippen LogP contribution is -2.24. The van der Waals surface area contributed by atoms with Gasteiger partial charge in [0.1, 0.15) is 5.82 Å².